The number of likely N-dealkylation sites (tertiary alicyclic amines) is 1. The summed E-state index contributed by atoms with van der Waals surface area (Å²) in [4.78, 5) is 14.3. The van der Waals surface area contributed by atoms with Gasteiger partial charge < -0.3 is 15.0 Å². The van der Waals surface area contributed by atoms with E-state index in [1.54, 1.807) is 0 Å². The highest BCUT2D eigenvalue weighted by Gasteiger charge is 2.25. The van der Waals surface area contributed by atoms with Gasteiger partial charge in [0.15, 0.2) is 0 Å². The van der Waals surface area contributed by atoms with Gasteiger partial charge in [-0.05, 0) is 55.7 Å². The highest BCUT2D eigenvalue weighted by molar-refractivity contribution is 6.31. The van der Waals surface area contributed by atoms with E-state index in [0.717, 1.165) is 41.5 Å². The molecule has 2 aromatic carbocycles. The lowest BCUT2D eigenvalue weighted by Crippen LogP contribution is -2.31. The average Bonchev–Trinajstić information content (AvgIpc) is 3.11. The van der Waals surface area contributed by atoms with Crippen molar-refractivity contribution in [3.63, 3.8) is 0 Å². The van der Waals surface area contributed by atoms with E-state index in [4.69, 9.17) is 16.3 Å². The average molecular weight is 373 g/mol. The number of hydrogen-bond acceptors (Lipinski definition) is 3. The van der Waals surface area contributed by atoms with Crippen LogP contribution in [-0.2, 0) is 4.79 Å². The van der Waals surface area contributed by atoms with Gasteiger partial charge in [-0.2, -0.15) is 0 Å². The molecular weight excluding hydrogens is 348 g/mol. The van der Waals surface area contributed by atoms with Crippen molar-refractivity contribution in [2.75, 3.05) is 25.0 Å². The van der Waals surface area contributed by atoms with Crippen molar-refractivity contribution in [1.82, 2.24) is 4.90 Å². The number of halogens is 1. The van der Waals surface area contributed by atoms with Crippen molar-refractivity contribution in [2.45, 2.75) is 32.2 Å². The minimum atomic E-state index is 0.207. The molecule has 1 fully saturated rings. The molecule has 1 unspecified atom stereocenters. The third-order valence-corrected chi connectivity index (χ3v) is 5.04. The third kappa shape index (κ3) is 5.15. The van der Waals surface area contributed by atoms with Crippen LogP contribution in [0.25, 0.3) is 0 Å². The van der Waals surface area contributed by atoms with Gasteiger partial charge in [0.1, 0.15) is 5.75 Å². The third-order valence-electron chi connectivity index (χ3n) is 4.62. The first-order valence-corrected chi connectivity index (χ1v) is 9.48. The fourth-order valence-electron chi connectivity index (χ4n) is 3.15. The molecule has 1 aliphatic heterocycles. The second kappa shape index (κ2) is 8.95. The van der Waals surface area contributed by atoms with Crippen LogP contribution in [0.3, 0.4) is 0 Å². The second-order valence-corrected chi connectivity index (χ2v) is 7.11. The van der Waals surface area contributed by atoms with Crippen LogP contribution >= 0.6 is 11.6 Å². The molecule has 1 atom stereocenters. The summed E-state index contributed by atoms with van der Waals surface area (Å²) in [5.41, 5.74) is 2.10. The van der Waals surface area contributed by atoms with Crippen molar-refractivity contribution in [3.05, 3.63) is 59.1 Å². The minimum Gasteiger partial charge on any atom is -0.494 e. The van der Waals surface area contributed by atoms with Crippen LogP contribution in [0.4, 0.5) is 5.69 Å². The van der Waals surface area contributed by atoms with Crippen molar-refractivity contribution in [3.8, 4) is 5.75 Å². The summed E-state index contributed by atoms with van der Waals surface area (Å²) in [7, 11) is 0. The highest BCUT2D eigenvalue weighted by atomic mass is 35.5. The van der Waals surface area contributed by atoms with Gasteiger partial charge in [0.25, 0.3) is 0 Å². The Hall–Kier alpha value is -2.20. The number of amides is 1. The molecule has 1 saturated heterocycles. The fourth-order valence-corrected chi connectivity index (χ4v) is 3.27. The van der Waals surface area contributed by atoms with E-state index in [1.807, 2.05) is 48.2 Å². The summed E-state index contributed by atoms with van der Waals surface area (Å²) in [6.45, 7) is 4.07. The number of benzene rings is 2. The zero-order valence-electron chi connectivity index (χ0n) is 15.1. The van der Waals surface area contributed by atoms with E-state index in [0.29, 0.717) is 25.5 Å². The summed E-state index contributed by atoms with van der Waals surface area (Å²) in [5, 5.41) is 4.23. The Morgan fingerprint density at radius 1 is 1.27 bits per heavy atom. The zero-order valence-corrected chi connectivity index (χ0v) is 15.8. The Morgan fingerprint density at radius 2 is 2.08 bits per heavy atom. The second-order valence-electron chi connectivity index (χ2n) is 6.70. The van der Waals surface area contributed by atoms with Crippen LogP contribution in [0.2, 0.25) is 5.02 Å². The largest absolute Gasteiger partial charge is 0.494 e. The summed E-state index contributed by atoms with van der Waals surface area (Å²) in [6.07, 6.45) is 2.22. The van der Waals surface area contributed by atoms with Crippen molar-refractivity contribution < 1.29 is 9.53 Å². The maximum absolute atomic E-state index is 12.4. The SMILES string of the molecule is Cc1cc(OCCCC(=O)N2CCC(Nc3ccccc3)C2)ccc1Cl. The number of aryl methyl sites for hydroxylation is 1. The molecular formula is C21H25ClN2O2. The Bertz CT molecular complexity index is 736. The number of ether oxygens (including phenoxy) is 1. The van der Waals surface area contributed by atoms with Gasteiger partial charge in [-0.3, -0.25) is 4.79 Å². The minimum absolute atomic E-state index is 0.207. The molecule has 0 aliphatic carbocycles. The maximum Gasteiger partial charge on any atom is 0.222 e. The maximum atomic E-state index is 12.4. The van der Waals surface area contributed by atoms with Crippen molar-refractivity contribution in [1.29, 1.82) is 0 Å². The van der Waals surface area contributed by atoms with Gasteiger partial charge in [0.2, 0.25) is 5.91 Å². The van der Waals surface area contributed by atoms with Gasteiger partial charge in [-0.15, -0.1) is 0 Å². The number of anilines is 1. The normalized spacial score (nSPS) is 16.5. The predicted molar refractivity (Wildman–Crippen MR) is 106 cm³/mol. The summed E-state index contributed by atoms with van der Waals surface area (Å²) < 4.78 is 5.71. The number of nitrogens with zero attached hydrogens (tertiary/aromatic N) is 1. The Kier molecular flexibility index (Phi) is 6.40. The lowest BCUT2D eigenvalue weighted by molar-refractivity contribution is -0.130. The molecule has 1 amide bonds. The molecule has 0 spiro atoms. The molecule has 0 aromatic heterocycles. The number of para-hydroxylation sites is 1. The van der Waals surface area contributed by atoms with Crippen LogP contribution < -0.4 is 10.1 Å². The number of carbonyl (C=O) groups excluding carboxylic acids is 1. The first-order chi connectivity index (χ1) is 12.6. The molecule has 0 saturated carbocycles. The van der Waals surface area contributed by atoms with E-state index < -0.39 is 0 Å². The van der Waals surface area contributed by atoms with E-state index in [-0.39, 0.29) is 5.91 Å². The topological polar surface area (TPSA) is 41.6 Å². The molecule has 5 heteroatoms. The Balaban J connectivity index is 1.37. The lowest BCUT2D eigenvalue weighted by Gasteiger charge is -2.18. The first-order valence-electron chi connectivity index (χ1n) is 9.10. The Morgan fingerprint density at radius 3 is 2.85 bits per heavy atom. The Labute approximate surface area is 160 Å². The number of nitrogens with one attached hydrogen (secondary N) is 1. The molecule has 2 aromatic rings. The van der Waals surface area contributed by atoms with Crippen LogP contribution in [0.5, 0.6) is 5.75 Å². The van der Waals surface area contributed by atoms with Gasteiger partial charge >= 0.3 is 0 Å². The quantitative estimate of drug-likeness (QED) is 0.726. The molecule has 3 rings (SSSR count). The summed E-state index contributed by atoms with van der Waals surface area (Å²) in [6, 6.07) is 16.1. The number of hydrogen-bond donors (Lipinski definition) is 1. The van der Waals surface area contributed by atoms with E-state index in [2.05, 4.69) is 17.4 Å². The number of carbonyl (C=O) groups is 1. The first kappa shape index (κ1) is 18.6. The standard InChI is InChI=1S/C21H25ClN2O2/c1-16-14-19(9-10-20(16)22)26-13-5-8-21(25)24-12-11-18(15-24)23-17-6-3-2-4-7-17/h2-4,6-7,9-10,14,18,23H,5,8,11-13,15H2,1H3. The molecule has 1 heterocycles. The number of rotatable bonds is 7. The predicted octanol–water partition coefficient (Wildman–Crippen LogP) is 4.52. The molecule has 1 N–H and O–H groups in total. The summed E-state index contributed by atoms with van der Waals surface area (Å²) >= 11 is 6.01. The van der Waals surface area contributed by atoms with Gasteiger partial charge in [0.05, 0.1) is 6.61 Å². The molecule has 4 nitrogen and oxygen atoms in total. The van der Waals surface area contributed by atoms with Gasteiger partial charge in [0, 0.05) is 36.3 Å². The molecule has 0 bridgehead atoms. The van der Waals surface area contributed by atoms with Crippen molar-refractivity contribution in [2.24, 2.45) is 0 Å². The van der Waals surface area contributed by atoms with Crippen LogP contribution in [0, 0.1) is 6.92 Å². The monoisotopic (exact) mass is 372 g/mol. The van der Waals surface area contributed by atoms with Crippen LogP contribution in [0.1, 0.15) is 24.8 Å². The molecule has 138 valence electrons. The smallest absolute Gasteiger partial charge is 0.222 e. The van der Waals surface area contributed by atoms with Gasteiger partial charge in [-0.1, -0.05) is 29.8 Å². The van der Waals surface area contributed by atoms with E-state index in [1.165, 1.54) is 0 Å². The fraction of sp³-hybridized carbons (Fsp3) is 0.381. The van der Waals surface area contributed by atoms with Crippen LogP contribution in [0.15, 0.2) is 48.5 Å². The van der Waals surface area contributed by atoms with E-state index in [9.17, 15) is 4.79 Å². The molecule has 0 radical (unpaired) electrons. The van der Waals surface area contributed by atoms with Crippen LogP contribution in [-0.4, -0.2) is 36.5 Å². The zero-order chi connectivity index (χ0) is 18.4. The van der Waals surface area contributed by atoms with Gasteiger partial charge in [-0.25, -0.2) is 0 Å². The summed E-state index contributed by atoms with van der Waals surface area (Å²) in [5.74, 6) is 1.01. The molecule has 1 aliphatic rings. The van der Waals surface area contributed by atoms with E-state index >= 15 is 0 Å². The lowest BCUT2D eigenvalue weighted by atomic mass is 10.2. The molecule has 26 heavy (non-hydrogen) atoms. The van der Waals surface area contributed by atoms with Crippen molar-refractivity contribution >= 4 is 23.2 Å². The highest BCUT2D eigenvalue weighted by Crippen LogP contribution is 2.21.